The van der Waals surface area contributed by atoms with Crippen LogP contribution in [0.4, 0.5) is 36.6 Å². The van der Waals surface area contributed by atoms with Gasteiger partial charge in [-0.05, 0) is 29.8 Å². The Hall–Kier alpha value is -4.11. The molecule has 3 heterocycles. The minimum atomic E-state index is -5.32. The molecule has 0 saturated carbocycles. The number of amides is 1. The number of nitrogens with zero attached hydrogens (tertiary/aromatic N) is 5. The maximum atomic E-state index is 15.0. The molecule has 0 atom stereocenters. The first-order chi connectivity index (χ1) is 18.9. The Labute approximate surface area is 221 Å². The van der Waals surface area contributed by atoms with Gasteiger partial charge in [-0.1, -0.05) is 23.4 Å². The largest absolute Gasteiger partial charge is 0.435 e. The summed E-state index contributed by atoms with van der Waals surface area (Å²) < 4.78 is 97.2. The number of fused-ring (bicyclic) bond motifs is 1. The summed E-state index contributed by atoms with van der Waals surface area (Å²) in [7, 11) is 0. The van der Waals surface area contributed by atoms with E-state index >= 15 is 0 Å². The van der Waals surface area contributed by atoms with E-state index < -0.39 is 52.5 Å². The SMILES string of the molecule is O=C(Nc1cc(F)c2cc(CN3CCNCC3)ccc2n1)c1nnn(-c2ccccc2C(F)(F)F)c1C(F)(F)F. The molecule has 2 aromatic carbocycles. The van der Waals surface area contributed by atoms with Gasteiger partial charge in [-0.2, -0.15) is 26.3 Å². The van der Waals surface area contributed by atoms with Crippen molar-refractivity contribution in [3.05, 3.63) is 76.9 Å². The Bertz CT molecular complexity index is 1560. The summed E-state index contributed by atoms with van der Waals surface area (Å²) in [5.74, 6) is -2.67. The molecule has 1 saturated heterocycles. The molecule has 2 N–H and O–H groups in total. The van der Waals surface area contributed by atoms with Crippen molar-refractivity contribution in [2.45, 2.75) is 18.9 Å². The third-order valence-corrected chi connectivity index (χ3v) is 6.27. The fourth-order valence-corrected chi connectivity index (χ4v) is 4.45. The third kappa shape index (κ3) is 5.60. The van der Waals surface area contributed by atoms with E-state index in [-0.39, 0.29) is 15.6 Å². The van der Waals surface area contributed by atoms with Gasteiger partial charge in [-0.3, -0.25) is 9.69 Å². The molecule has 0 unspecified atom stereocenters. The molecule has 0 bridgehead atoms. The highest BCUT2D eigenvalue weighted by Gasteiger charge is 2.44. The smallest absolute Gasteiger partial charge is 0.314 e. The number of pyridine rings is 1. The monoisotopic (exact) mass is 567 g/mol. The molecule has 1 fully saturated rings. The number of carbonyl (C=O) groups is 1. The van der Waals surface area contributed by atoms with E-state index in [1.54, 1.807) is 12.1 Å². The number of benzene rings is 2. The number of hydrogen-bond acceptors (Lipinski definition) is 6. The number of hydrogen-bond donors (Lipinski definition) is 2. The molecule has 15 heteroatoms. The summed E-state index contributed by atoms with van der Waals surface area (Å²) in [6, 6.07) is 9.13. The number of carbonyl (C=O) groups excluding carboxylic acids is 1. The van der Waals surface area contributed by atoms with Gasteiger partial charge in [0.1, 0.15) is 11.6 Å². The zero-order chi connectivity index (χ0) is 28.7. The number of piperazine rings is 1. The predicted molar refractivity (Wildman–Crippen MR) is 129 cm³/mol. The quantitative estimate of drug-likeness (QED) is 0.342. The summed E-state index contributed by atoms with van der Waals surface area (Å²) >= 11 is 0. The lowest BCUT2D eigenvalue weighted by molar-refractivity contribution is -0.145. The molecule has 1 aliphatic rings. The van der Waals surface area contributed by atoms with E-state index in [2.05, 4.69) is 30.8 Å². The van der Waals surface area contributed by atoms with Crippen molar-refractivity contribution in [1.29, 1.82) is 0 Å². The molecule has 8 nitrogen and oxygen atoms in total. The number of alkyl halides is 6. The van der Waals surface area contributed by atoms with Crippen molar-refractivity contribution in [3.63, 3.8) is 0 Å². The van der Waals surface area contributed by atoms with E-state index in [0.29, 0.717) is 12.6 Å². The Morgan fingerprint density at radius 1 is 0.975 bits per heavy atom. The molecule has 40 heavy (non-hydrogen) atoms. The average molecular weight is 567 g/mol. The van der Waals surface area contributed by atoms with Gasteiger partial charge in [0.15, 0.2) is 11.4 Å². The first kappa shape index (κ1) is 27.5. The van der Waals surface area contributed by atoms with Crippen molar-refractivity contribution >= 4 is 22.6 Å². The van der Waals surface area contributed by atoms with E-state index in [0.717, 1.165) is 56.0 Å². The third-order valence-electron chi connectivity index (χ3n) is 6.27. The van der Waals surface area contributed by atoms with Crippen LogP contribution in [-0.4, -0.2) is 57.0 Å². The molecule has 4 aromatic rings. The number of aromatic nitrogens is 4. The fourth-order valence-electron chi connectivity index (χ4n) is 4.45. The molecule has 0 radical (unpaired) electrons. The van der Waals surface area contributed by atoms with E-state index in [9.17, 15) is 35.5 Å². The lowest BCUT2D eigenvalue weighted by Gasteiger charge is -2.27. The van der Waals surface area contributed by atoms with Gasteiger partial charge < -0.3 is 10.6 Å². The topological polar surface area (TPSA) is 88.0 Å². The van der Waals surface area contributed by atoms with Crippen LogP contribution in [0, 0.1) is 5.82 Å². The fraction of sp³-hybridized carbons (Fsp3) is 0.280. The zero-order valence-electron chi connectivity index (χ0n) is 20.4. The summed E-state index contributed by atoms with van der Waals surface area (Å²) in [6.45, 7) is 3.92. The second-order valence-electron chi connectivity index (χ2n) is 9.03. The second-order valence-corrected chi connectivity index (χ2v) is 9.03. The Morgan fingerprint density at radius 3 is 2.40 bits per heavy atom. The summed E-state index contributed by atoms with van der Waals surface area (Å²) in [5.41, 5.74) is -4.55. The van der Waals surface area contributed by atoms with Gasteiger partial charge >= 0.3 is 12.4 Å². The maximum absolute atomic E-state index is 15.0. The molecule has 210 valence electrons. The summed E-state index contributed by atoms with van der Waals surface area (Å²) in [4.78, 5) is 19.1. The van der Waals surface area contributed by atoms with Gasteiger partial charge in [0.25, 0.3) is 5.91 Å². The van der Waals surface area contributed by atoms with E-state index in [1.165, 1.54) is 6.07 Å². The van der Waals surface area contributed by atoms with Crippen LogP contribution in [0.1, 0.15) is 27.3 Å². The van der Waals surface area contributed by atoms with Crippen molar-refractivity contribution in [3.8, 4) is 5.69 Å². The van der Waals surface area contributed by atoms with Crippen molar-refractivity contribution < 1.29 is 35.5 Å². The highest BCUT2D eigenvalue weighted by atomic mass is 19.4. The van der Waals surface area contributed by atoms with Crippen molar-refractivity contribution in [2.24, 2.45) is 0 Å². The average Bonchev–Trinajstić information content (AvgIpc) is 3.36. The highest BCUT2D eigenvalue weighted by Crippen LogP contribution is 2.38. The van der Waals surface area contributed by atoms with Crippen LogP contribution >= 0.6 is 0 Å². The molecule has 2 aromatic heterocycles. The number of para-hydroxylation sites is 1. The molecule has 1 amide bonds. The number of halogens is 7. The lowest BCUT2D eigenvalue weighted by atomic mass is 10.1. The Morgan fingerprint density at radius 2 is 1.70 bits per heavy atom. The van der Waals surface area contributed by atoms with Crippen LogP contribution in [0.15, 0.2) is 48.5 Å². The molecule has 5 rings (SSSR count). The zero-order valence-corrected chi connectivity index (χ0v) is 20.4. The van der Waals surface area contributed by atoms with Crippen LogP contribution in [-0.2, 0) is 18.9 Å². The molecular formula is C25H20F7N7O. The Kier molecular flexibility index (Phi) is 7.18. The van der Waals surface area contributed by atoms with Crippen LogP contribution < -0.4 is 10.6 Å². The minimum absolute atomic E-state index is 0.0912. The number of anilines is 1. The first-order valence-electron chi connectivity index (χ1n) is 11.9. The second kappa shape index (κ2) is 10.5. The van der Waals surface area contributed by atoms with Crippen LogP contribution in [0.2, 0.25) is 0 Å². The lowest BCUT2D eigenvalue weighted by Crippen LogP contribution is -2.42. The van der Waals surface area contributed by atoms with Crippen LogP contribution in [0.25, 0.3) is 16.6 Å². The summed E-state index contributed by atoms with van der Waals surface area (Å²) in [6.07, 6.45) is -10.3. The highest BCUT2D eigenvalue weighted by molar-refractivity contribution is 6.03. The normalized spacial score (nSPS) is 15.0. The standard InChI is InChI=1S/C25H20F7N7O/c26-17-12-20(34-18-6-5-14(11-15(17)18)13-38-9-7-33-8-10-38)35-23(40)21-22(25(30,31)32)39(37-36-21)19-4-2-1-3-16(19)24(27,28)29/h1-6,11-12,33H,7-10,13H2,(H,34,35,40). The molecule has 1 aliphatic heterocycles. The van der Waals surface area contributed by atoms with Crippen molar-refractivity contribution in [1.82, 2.24) is 30.2 Å². The minimum Gasteiger partial charge on any atom is -0.314 e. The maximum Gasteiger partial charge on any atom is 0.435 e. The first-order valence-corrected chi connectivity index (χ1v) is 11.9. The molecular weight excluding hydrogens is 547 g/mol. The molecule has 0 aliphatic carbocycles. The number of nitrogens with one attached hydrogen (secondary N) is 2. The van der Waals surface area contributed by atoms with Gasteiger partial charge in [0.2, 0.25) is 0 Å². The van der Waals surface area contributed by atoms with Crippen LogP contribution in [0.5, 0.6) is 0 Å². The van der Waals surface area contributed by atoms with Crippen molar-refractivity contribution in [2.75, 3.05) is 31.5 Å². The predicted octanol–water partition coefficient (Wildman–Crippen LogP) is 4.65. The van der Waals surface area contributed by atoms with Gasteiger partial charge in [0.05, 0.1) is 16.8 Å². The van der Waals surface area contributed by atoms with Gasteiger partial charge in [0, 0.05) is 44.2 Å². The summed E-state index contributed by atoms with van der Waals surface area (Å²) in [5, 5.41) is 11.9. The van der Waals surface area contributed by atoms with Crippen LogP contribution in [0.3, 0.4) is 0 Å². The number of rotatable bonds is 5. The van der Waals surface area contributed by atoms with E-state index in [4.69, 9.17) is 0 Å². The molecule has 0 spiro atoms. The Balaban J connectivity index is 1.45. The van der Waals surface area contributed by atoms with Gasteiger partial charge in [-0.15, -0.1) is 5.10 Å². The van der Waals surface area contributed by atoms with Gasteiger partial charge in [-0.25, -0.2) is 14.1 Å². The van der Waals surface area contributed by atoms with E-state index in [1.807, 2.05) is 0 Å².